The highest BCUT2D eigenvalue weighted by Crippen LogP contribution is 2.31. The zero-order valence-electron chi connectivity index (χ0n) is 15.0. The highest BCUT2D eigenvalue weighted by atomic mass is 32.2. The number of hydrogen-bond acceptors (Lipinski definition) is 6. The van der Waals surface area contributed by atoms with Gasteiger partial charge in [-0.05, 0) is 47.2 Å². The van der Waals surface area contributed by atoms with Crippen molar-refractivity contribution in [1.29, 1.82) is 0 Å². The molecule has 0 aliphatic rings. The van der Waals surface area contributed by atoms with Gasteiger partial charge in [-0.15, -0.1) is 22.7 Å². The van der Waals surface area contributed by atoms with E-state index in [1.54, 1.807) is 17.5 Å². The fourth-order valence-electron chi connectivity index (χ4n) is 2.55. The molecule has 0 aliphatic carbocycles. The molecule has 0 unspecified atom stereocenters. The summed E-state index contributed by atoms with van der Waals surface area (Å²) in [6.07, 6.45) is 0. The fraction of sp³-hybridized carbons (Fsp3) is 0.158. The Kier molecular flexibility index (Phi) is 6.78. The van der Waals surface area contributed by atoms with Crippen molar-refractivity contribution in [2.24, 2.45) is 0 Å². The van der Waals surface area contributed by atoms with Crippen LogP contribution in [0.5, 0.6) is 0 Å². The monoisotopic (exact) mass is 452 g/mol. The van der Waals surface area contributed by atoms with Crippen LogP contribution in [0.15, 0.2) is 64.2 Å². The number of thiophene rings is 2. The SMILES string of the molecule is O=C(NCc1cccs1)C(=O)NC[C@@H](c1cccs1)S(=O)(=O)c1ccc(F)cc1. The molecule has 1 aromatic carbocycles. The largest absolute Gasteiger partial charge is 0.346 e. The summed E-state index contributed by atoms with van der Waals surface area (Å²) in [6, 6.07) is 11.5. The smallest absolute Gasteiger partial charge is 0.309 e. The summed E-state index contributed by atoms with van der Waals surface area (Å²) in [5.74, 6) is -2.31. The maximum Gasteiger partial charge on any atom is 0.309 e. The van der Waals surface area contributed by atoms with Gasteiger partial charge in [0.2, 0.25) is 0 Å². The first-order valence-corrected chi connectivity index (χ1v) is 11.8. The average Bonchev–Trinajstić information content (AvgIpc) is 3.40. The molecule has 3 aromatic rings. The van der Waals surface area contributed by atoms with Gasteiger partial charge in [0.25, 0.3) is 0 Å². The number of carbonyl (C=O) groups excluding carboxylic acids is 2. The first-order valence-electron chi connectivity index (χ1n) is 8.49. The molecule has 2 N–H and O–H groups in total. The molecular weight excluding hydrogens is 435 g/mol. The number of carbonyl (C=O) groups is 2. The highest BCUT2D eigenvalue weighted by molar-refractivity contribution is 7.91. The first kappa shape index (κ1) is 21.2. The standard InChI is InChI=1S/C19H17FN2O4S3/c20-13-5-7-15(8-6-13)29(25,26)17(16-4-2-10-28-16)12-22-19(24)18(23)21-11-14-3-1-9-27-14/h1-10,17H,11-12H2,(H,21,23)(H,22,24)/t17-/m0/s1. The van der Waals surface area contributed by atoms with Crippen LogP contribution in [-0.4, -0.2) is 26.8 Å². The van der Waals surface area contributed by atoms with Crippen LogP contribution >= 0.6 is 22.7 Å². The van der Waals surface area contributed by atoms with Gasteiger partial charge >= 0.3 is 11.8 Å². The van der Waals surface area contributed by atoms with Gasteiger partial charge in [-0.3, -0.25) is 9.59 Å². The topological polar surface area (TPSA) is 92.3 Å². The molecule has 2 aromatic heterocycles. The number of sulfone groups is 1. The van der Waals surface area contributed by atoms with E-state index in [1.165, 1.54) is 34.8 Å². The van der Waals surface area contributed by atoms with Gasteiger partial charge in [0, 0.05) is 16.3 Å². The van der Waals surface area contributed by atoms with Crippen molar-refractivity contribution in [2.75, 3.05) is 6.54 Å². The molecule has 152 valence electrons. The molecular formula is C19H17FN2O4S3. The minimum Gasteiger partial charge on any atom is -0.346 e. The Morgan fingerprint density at radius 3 is 2.21 bits per heavy atom. The quantitative estimate of drug-likeness (QED) is 0.426. The van der Waals surface area contributed by atoms with Crippen molar-refractivity contribution < 1.29 is 22.4 Å². The lowest BCUT2D eigenvalue weighted by atomic mass is 10.3. The van der Waals surface area contributed by atoms with Crippen LogP contribution in [0.2, 0.25) is 0 Å². The Labute approximate surface area is 175 Å². The van der Waals surface area contributed by atoms with Gasteiger partial charge in [-0.1, -0.05) is 12.1 Å². The molecule has 3 rings (SSSR count). The maximum atomic E-state index is 13.2. The summed E-state index contributed by atoms with van der Waals surface area (Å²) in [5, 5.41) is 7.36. The molecule has 0 fully saturated rings. The number of hydrogen-bond donors (Lipinski definition) is 2. The summed E-state index contributed by atoms with van der Waals surface area (Å²) < 4.78 is 39.3. The molecule has 29 heavy (non-hydrogen) atoms. The number of rotatable bonds is 7. The van der Waals surface area contributed by atoms with E-state index >= 15 is 0 Å². The molecule has 0 aliphatic heterocycles. The van der Waals surface area contributed by atoms with E-state index < -0.39 is 32.7 Å². The van der Waals surface area contributed by atoms with Crippen molar-refractivity contribution in [2.45, 2.75) is 16.7 Å². The number of amides is 2. The number of nitrogens with one attached hydrogen (secondary N) is 2. The zero-order valence-corrected chi connectivity index (χ0v) is 17.5. The first-order chi connectivity index (χ1) is 13.9. The van der Waals surface area contributed by atoms with Gasteiger partial charge in [0.1, 0.15) is 11.1 Å². The van der Waals surface area contributed by atoms with Crippen LogP contribution in [0.1, 0.15) is 15.0 Å². The van der Waals surface area contributed by atoms with Crippen LogP contribution in [0.3, 0.4) is 0 Å². The van der Waals surface area contributed by atoms with Crippen molar-refractivity contribution in [3.05, 3.63) is 74.9 Å². The molecule has 2 heterocycles. The normalized spacial score (nSPS) is 12.3. The van der Waals surface area contributed by atoms with Crippen LogP contribution in [0.4, 0.5) is 4.39 Å². The minimum atomic E-state index is -3.91. The summed E-state index contributed by atoms with van der Waals surface area (Å²) >= 11 is 2.66. The molecule has 0 saturated carbocycles. The Morgan fingerprint density at radius 2 is 1.59 bits per heavy atom. The van der Waals surface area contributed by atoms with Gasteiger partial charge in [-0.2, -0.15) is 0 Å². The van der Waals surface area contributed by atoms with Crippen LogP contribution in [0, 0.1) is 5.82 Å². The van der Waals surface area contributed by atoms with Gasteiger partial charge in [-0.25, -0.2) is 12.8 Å². The Balaban J connectivity index is 1.70. The fourth-order valence-corrected chi connectivity index (χ4v) is 5.98. The van der Waals surface area contributed by atoms with Crippen LogP contribution in [0.25, 0.3) is 0 Å². The predicted octanol–water partition coefficient (Wildman–Crippen LogP) is 2.90. The lowest BCUT2D eigenvalue weighted by Crippen LogP contribution is -2.41. The average molecular weight is 453 g/mol. The van der Waals surface area contributed by atoms with E-state index in [0.717, 1.165) is 17.0 Å². The van der Waals surface area contributed by atoms with Crippen molar-refractivity contribution in [3.63, 3.8) is 0 Å². The van der Waals surface area contributed by atoms with Crippen molar-refractivity contribution in [1.82, 2.24) is 10.6 Å². The molecule has 2 amide bonds. The molecule has 0 spiro atoms. The van der Waals surface area contributed by atoms with E-state index in [-0.39, 0.29) is 18.0 Å². The lowest BCUT2D eigenvalue weighted by molar-refractivity contribution is -0.139. The Hall–Kier alpha value is -2.56. The van der Waals surface area contributed by atoms with E-state index in [0.29, 0.717) is 4.88 Å². The summed E-state index contributed by atoms with van der Waals surface area (Å²) in [7, 11) is -3.91. The van der Waals surface area contributed by atoms with E-state index in [4.69, 9.17) is 0 Å². The zero-order chi connectivity index (χ0) is 20.9. The van der Waals surface area contributed by atoms with Gasteiger partial charge in [0.05, 0.1) is 11.4 Å². The molecule has 0 radical (unpaired) electrons. The second-order valence-electron chi connectivity index (χ2n) is 5.98. The Morgan fingerprint density at radius 1 is 0.931 bits per heavy atom. The lowest BCUT2D eigenvalue weighted by Gasteiger charge is -2.17. The third-order valence-corrected chi connectivity index (χ3v) is 8.15. The maximum absolute atomic E-state index is 13.2. The van der Waals surface area contributed by atoms with E-state index in [1.807, 2.05) is 17.5 Å². The van der Waals surface area contributed by atoms with E-state index in [2.05, 4.69) is 10.6 Å². The van der Waals surface area contributed by atoms with Crippen LogP contribution in [-0.2, 0) is 26.0 Å². The predicted molar refractivity (Wildman–Crippen MR) is 110 cm³/mol. The highest BCUT2D eigenvalue weighted by Gasteiger charge is 2.31. The number of halogens is 1. The third kappa shape index (κ3) is 5.28. The van der Waals surface area contributed by atoms with Crippen molar-refractivity contribution in [3.8, 4) is 0 Å². The van der Waals surface area contributed by atoms with E-state index in [9.17, 15) is 22.4 Å². The molecule has 0 bridgehead atoms. The Bertz CT molecular complexity index is 1060. The molecule has 10 heteroatoms. The third-order valence-electron chi connectivity index (χ3n) is 4.03. The van der Waals surface area contributed by atoms with Gasteiger partial charge in [0.15, 0.2) is 9.84 Å². The molecule has 6 nitrogen and oxygen atoms in total. The second-order valence-corrected chi connectivity index (χ2v) is 10.1. The van der Waals surface area contributed by atoms with Crippen molar-refractivity contribution >= 4 is 44.3 Å². The minimum absolute atomic E-state index is 0.0614. The summed E-state index contributed by atoms with van der Waals surface area (Å²) in [5.41, 5.74) is 0. The number of benzene rings is 1. The summed E-state index contributed by atoms with van der Waals surface area (Å²) in [6.45, 7) is -0.0718. The van der Waals surface area contributed by atoms with Gasteiger partial charge < -0.3 is 10.6 Å². The molecule has 1 atom stereocenters. The van der Waals surface area contributed by atoms with Crippen LogP contribution < -0.4 is 10.6 Å². The summed E-state index contributed by atoms with van der Waals surface area (Å²) in [4.78, 5) is 25.4. The molecule has 0 saturated heterocycles. The second kappa shape index (κ2) is 9.29.